The van der Waals surface area contributed by atoms with Gasteiger partial charge in [0.2, 0.25) is 6.04 Å². The standard InChI is InChI=1S/C10H16O4S.C8H9NO2/c1-9(2)7-3-4-10(9,8(11)5-7)6-15(12,13)14;9-7(8(10)11)6-4-2-1-3-5-6/h7H,3-6H2,1-2H3,(H,12,13,14);1-5,7H,9H2,(H,10,11)/t7-,10-;7-/m11/s1. The average molecular weight is 383 g/mol. The summed E-state index contributed by atoms with van der Waals surface area (Å²) in [5, 5.41) is 8.57. The lowest BCUT2D eigenvalue weighted by molar-refractivity contribution is -0.413. The molecule has 0 aromatic heterocycles. The summed E-state index contributed by atoms with van der Waals surface area (Å²) >= 11 is 0. The van der Waals surface area contributed by atoms with E-state index < -0.39 is 33.3 Å². The van der Waals surface area contributed by atoms with Crippen LogP contribution < -0.4 is 5.73 Å². The van der Waals surface area contributed by atoms with Crippen molar-refractivity contribution in [3.63, 3.8) is 0 Å². The number of rotatable bonds is 4. The third kappa shape index (κ3) is 3.82. The van der Waals surface area contributed by atoms with Gasteiger partial charge in [-0.3, -0.25) is 4.79 Å². The van der Waals surface area contributed by atoms with Crippen molar-refractivity contribution < 1.29 is 33.4 Å². The van der Waals surface area contributed by atoms with Gasteiger partial charge >= 0.3 is 5.97 Å². The molecule has 0 saturated heterocycles. The summed E-state index contributed by atoms with van der Waals surface area (Å²) in [7, 11) is -4.33. The fourth-order valence-corrected chi connectivity index (χ4v) is 5.52. The Morgan fingerprint density at radius 3 is 2.31 bits per heavy atom. The Kier molecular flexibility index (Phi) is 5.60. The lowest BCUT2D eigenvalue weighted by atomic mass is 9.70. The molecular formula is C18H25NO6S. The van der Waals surface area contributed by atoms with Crippen molar-refractivity contribution in [2.75, 3.05) is 5.75 Å². The summed E-state index contributed by atoms with van der Waals surface area (Å²) in [6.45, 7) is 3.83. The molecule has 2 aliphatic rings. The molecule has 144 valence electrons. The van der Waals surface area contributed by atoms with Gasteiger partial charge in [-0.2, -0.15) is 0 Å². The fraction of sp³-hybridized carbons (Fsp3) is 0.556. The smallest absolute Gasteiger partial charge is 0.367 e. The number of ketones is 1. The topological polar surface area (TPSA) is 139 Å². The van der Waals surface area contributed by atoms with Gasteiger partial charge in [-0.1, -0.05) is 44.2 Å². The summed E-state index contributed by atoms with van der Waals surface area (Å²) in [6.07, 6.45) is 1.88. The minimum absolute atomic E-state index is 0.0248. The van der Waals surface area contributed by atoms with E-state index in [0.29, 0.717) is 12.8 Å². The van der Waals surface area contributed by atoms with Crippen LogP contribution in [-0.4, -0.2) is 35.6 Å². The Morgan fingerprint density at radius 2 is 1.92 bits per heavy atom. The summed E-state index contributed by atoms with van der Waals surface area (Å²) in [6, 6.07) is 8.30. The minimum atomic E-state index is -4.33. The van der Waals surface area contributed by atoms with Crippen LogP contribution >= 0.6 is 0 Å². The maximum absolute atomic E-state index is 11.8. The van der Waals surface area contributed by atoms with E-state index in [0.717, 1.165) is 12.0 Å². The number of carboxylic acids is 1. The fourth-order valence-electron chi connectivity index (χ4n) is 4.24. The molecule has 2 fully saturated rings. The van der Waals surface area contributed by atoms with Gasteiger partial charge in [-0.25, -0.2) is 13.2 Å². The van der Waals surface area contributed by atoms with Crippen molar-refractivity contribution in [3.05, 3.63) is 35.9 Å². The number of carbonyl (C=O) groups is 2. The maximum atomic E-state index is 11.8. The largest absolute Gasteiger partial charge is 0.748 e. The van der Waals surface area contributed by atoms with Gasteiger partial charge in [0.1, 0.15) is 5.78 Å². The molecule has 1 aromatic rings. The van der Waals surface area contributed by atoms with E-state index in [1.54, 1.807) is 24.3 Å². The van der Waals surface area contributed by atoms with Crippen molar-refractivity contribution in [1.29, 1.82) is 0 Å². The molecule has 26 heavy (non-hydrogen) atoms. The van der Waals surface area contributed by atoms with Crippen molar-refractivity contribution in [2.24, 2.45) is 16.7 Å². The maximum Gasteiger partial charge on any atom is 0.367 e. The van der Waals surface area contributed by atoms with Crippen molar-refractivity contribution >= 4 is 21.9 Å². The number of carboxylic acid groups (broad SMARTS) is 1. The molecule has 3 atom stereocenters. The van der Waals surface area contributed by atoms with Crippen LogP contribution in [0.2, 0.25) is 0 Å². The molecule has 0 amide bonds. The molecule has 2 bridgehead atoms. The van der Waals surface area contributed by atoms with E-state index in [1.807, 2.05) is 19.9 Å². The van der Waals surface area contributed by atoms with Gasteiger partial charge in [0.25, 0.3) is 0 Å². The Hall–Kier alpha value is -1.77. The molecule has 4 N–H and O–H groups in total. The summed E-state index contributed by atoms with van der Waals surface area (Å²) in [5.74, 6) is -1.17. The van der Waals surface area contributed by atoms with E-state index in [9.17, 15) is 22.6 Å². The quantitative estimate of drug-likeness (QED) is 0.743. The molecule has 7 nitrogen and oxygen atoms in total. The molecule has 8 heteroatoms. The zero-order valence-electron chi connectivity index (χ0n) is 15.0. The number of fused-ring (bicyclic) bond motifs is 2. The lowest BCUT2D eigenvalue weighted by Crippen LogP contribution is -2.57. The summed E-state index contributed by atoms with van der Waals surface area (Å²) in [5.41, 5.74) is 3.02. The molecular weight excluding hydrogens is 358 g/mol. The minimum Gasteiger partial charge on any atom is -0.748 e. The van der Waals surface area contributed by atoms with Crippen molar-refractivity contribution in [2.45, 2.75) is 39.2 Å². The first-order valence-electron chi connectivity index (χ1n) is 8.48. The third-order valence-electron chi connectivity index (χ3n) is 6.06. The van der Waals surface area contributed by atoms with Gasteiger partial charge in [0.15, 0.2) is 0 Å². The van der Waals surface area contributed by atoms with Crippen molar-refractivity contribution in [3.8, 4) is 0 Å². The Balaban J connectivity index is 0.000000197. The molecule has 2 aliphatic carbocycles. The van der Waals surface area contributed by atoms with E-state index in [4.69, 9.17) is 5.11 Å². The molecule has 2 saturated carbocycles. The number of quaternary nitrogens is 1. The number of hydrogen-bond acceptors (Lipinski definition) is 5. The molecule has 0 spiro atoms. The van der Waals surface area contributed by atoms with Crippen LogP contribution in [0.25, 0.3) is 0 Å². The summed E-state index contributed by atoms with van der Waals surface area (Å²) < 4.78 is 32.7. The van der Waals surface area contributed by atoms with Crippen LogP contribution in [0, 0.1) is 16.7 Å². The highest BCUT2D eigenvalue weighted by atomic mass is 32.2. The first-order valence-corrected chi connectivity index (χ1v) is 10.1. The molecule has 0 heterocycles. The number of aliphatic carboxylic acids is 1. The van der Waals surface area contributed by atoms with Gasteiger partial charge in [0, 0.05) is 17.4 Å². The second kappa shape index (κ2) is 7.09. The zero-order valence-corrected chi connectivity index (χ0v) is 15.8. The van der Waals surface area contributed by atoms with E-state index >= 15 is 0 Å². The number of Topliss-reactive ketones (excluding diaryl/α,β-unsaturated/α-hetero) is 1. The highest BCUT2D eigenvalue weighted by molar-refractivity contribution is 7.85. The van der Waals surface area contributed by atoms with Gasteiger partial charge in [0.05, 0.1) is 15.9 Å². The highest BCUT2D eigenvalue weighted by Crippen LogP contribution is 2.64. The zero-order chi connectivity index (χ0) is 19.8. The van der Waals surface area contributed by atoms with Crippen LogP contribution in [0.4, 0.5) is 0 Å². The van der Waals surface area contributed by atoms with E-state index in [-0.39, 0.29) is 17.1 Å². The van der Waals surface area contributed by atoms with Gasteiger partial charge < -0.3 is 15.4 Å². The Bertz CT molecular complexity index is 789. The van der Waals surface area contributed by atoms with E-state index in [2.05, 4.69) is 5.73 Å². The molecule has 0 unspecified atom stereocenters. The number of carbonyl (C=O) groups excluding carboxylic acids is 1. The highest BCUT2D eigenvalue weighted by Gasteiger charge is 2.64. The average Bonchev–Trinajstić information content (AvgIpc) is 2.88. The van der Waals surface area contributed by atoms with Crippen LogP contribution in [0.1, 0.15) is 44.7 Å². The lowest BCUT2D eigenvalue weighted by Gasteiger charge is -2.37. The van der Waals surface area contributed by atoms with Crippen LogP contribution in [0.15, 0.2) is 30.3 Å². The molecule has 1 aromatic carbocycles. The van der Waals surface area contributed by atoms with Crippen molar-refractivity contribution in [1.82, 2.24) is 0 Å². The first kappa shape index (κ1) is 20.5. The summed E-state index contributed by atoms with van der Waals surface area (Å²) in [4.78, 5) is 22.3. The second-order valence-corrected chi connectivity index (χ2v) is 9.07. The Morgan fingerprint density at radius 1 is 1.35 bits per heavy atom. The normalized spacial score (nSPS) is 27.5. The monoisotopic (exact) mass is 383 g/mol. The number of hydrogen-bond donors (Lipinski definition) is 2. The van der Waals surface area contributed by atoms with Crippen LogP contribution in [-0.2, 0) is 19.7 Å². The second-order valence-electron chi connectivity index (χ2n) is 7.67. The predicted molar refractivity (Wildman–Crippen MR) is 92.8 cm³/mol. The van der Waals surface area contributed by atoms with E-state index in [1.165, 1.54) is 0 Å². The van der Waals surface area contributed by atoms with Crippen LogP contribution in [0.5, 0.6) is 0 Å². The van der Waals surface area contributed by atoms with Crippen LogP contribution in [0.3, 0.4) is 0 Å². The predicted octanol–water partition coefficient (Wildman–Crippen LogP) is 0.981. The van der Waals surface area contributed by atoms with Gasteiger partial charge in [-0.15, -0.1) is 0 Å². The van der Waals surface area contributed by atoms with Gasteiger partial charge in [-0.05, 0) is 24.2 Å². The molecule has 0 aliphatic heterocycles. The SMILES string of the molecule is CC1(C)[C@@H]2CC[C@@]1(CS(=O)(=O)[O-])C(=O)C2.[NH3+][C@@H](C(=O)O)c1ccccc1. The molecule has 3 rings (SSSR count). The Labute approximate surface area is 153 Å². The third-order valence-corrected chi connectivity index (χ3v) is 6.91. The molecule has 0 radical (unpaired) electrons. The number of benzene rings is 1. The first-order chi connectivity index (χ1) is 11.9.